The molecule has 1 N–H and O–H groups in total. The number of amides is 1. The molecule has 0 fully saturated rings. The number of hydrogen-bond acceptors (Lipinski definition) is 5. The molecular weight excluding hydrogens is 386 g/mol. The Morgan fingerprint density at radius 1 is 1.11 bits per heavy atom. The minimum Gasteiger partial charge on any atom is -0.495 e. The van der Waals surface area contributed by atoms with Crippen LogP contribution >= 0.6 is 22.9 Å². The van der Waals surface area contributed by atoms with E-state index in [-0.39, 0.29) is 0 Å². The molecule has 0 saturated carbocycles. The Balaban J connectivity index is 1.82. The van der Waals surface area contributed by atoms with E-state index in [1.165, 1.54) is 18.4 Å². The van der Waals surface area contributed by atoms with E-state index >= 15 is 0 Å². The highest BCUT2D eigenvalue weighted by atomic mass is 35.5. The summed E-state index contributed by atoms with van der Waals surface area (Å²) in [6.45, 7) is 0. The van der Waals surface area contributed by atoms with Crippen LogP contribution < -0.4 is 10.1 Å². The van der Waals surface area contributed by atoms with Crippen LogP contribution in [0.3, 0.4) is 0 Å². The zero-order chi connectivity index (χ0) is 19.2. The van der Waals surface area contributed by atoms with Crippen LogP contribution in [0.25, 0.3) is 0 Å². The third-order valence-electron chi connectivity index (χ3n) is 3.74. The Kier molecular flexibility index (Phi) is 6.11. The maximum Gasteiger partial charge on any atom is 0.340 e. The van der Waals surface area contributed by atoms with Gasteiger partial charge in [-0.05, 0) is 29.6 Å². The summed E-state index contributed by atoms with van der Waals surface area (Å²) in [6, 6.07) is 15.4. The molecule has 27 heavy (non-hydrogen) atoms. The van der Waals surface area contributed by atoms with Crippen LogP contribution in [0.5, 0.6) is 5.75 Å². The first-order valence-electron chi connectivity index (χ1n) is 8.01. The predicted octanol–water partition coefficient (Wildman–Crippen LogP) is 4.95. The first kappa shape index (κ1) is 18.9. The summed E-state index contributed by atoms with van der Waals surface area (Å²) in [4.78, 5) is 25.2. The number of halogens is 1. The van der Waals surface area contributed by atoms with Gasteiger partial charge in [-0.3, -0.25) is 4.79 Å². The second kappa shape index (κ2) is 8.70. The molecule has 0 aliphatic rings. The Morgan fingerprint density at radius 3 is 2.52 bits per heavy atom. The number of nitrogens with one attached hydrogen (secondary N) is 1. The van der Waals surface area contributed by atoms with Gasteiger partial charge in [-0.15, -0.1) is 0 Å². The van der Waals surface area contributed by atoms with Crippen molar-refractivity contribution in [2.24, 2.45) is 0 Å². The topological polar surface area (TPSA) is 64.6 Å². The van der Waals surface area contributed by atoms with E-state index in [0.717, 1.165) is 0 Å². The molecule has 0 radical (unpaired) electrons. The smallest absolute Gasteiger partial charge is 0.340 e. The average molecular weight is 402 g/mol. The van der Waals surface area contributed by atoms with Gasteiger partial charge in [0.15, 0.2) is 0 Å². The molecule has 3 aromatic rings. The van der Waals surface area contributed by atoms with Crippen molar-refractivity contribution < 1.29 is 19.1 Å². The fourth-order valence-corrected chi connectivity index (χ4v) is 3.29. The van der Waals surface area contributed by atoms with Crippen molar-refractivity contribution in [3.8, 4) is 5.75 Å². The fourth-order valence-electron chi connectivity index (χ4n) is 2.41. The second-order valence-electron chi connectivity index (χ2n) is 5.55. The lowest BCUT2D eigenvalue weighted by Crippen LogP contribution is -2.25. The lowest BCUT2D eigenvalue weighted by atomic mass is 10.1. The largest absolute Gasteiger partial charge is 0.495 e. The first-order chi connectivity index (χ1) is 13.1. The van der Waals surface area contributed by atoms with Crippen molar-refractivity contribution in [2.45, 2.75) is 6.10 Å². The lowest BCUT2D eigenvalue weighted by Gasteiger charge is -2.18. The van der Waals surface area contributed by atoms with E-state index in [2.05, 4.69) is 5.32 Å². The van der Waals surface area contributed by atoms with E-state index in [0.29, 0.717) is 27.6 Å². The third-order valence-corrected chi connectivity index (χ3v) is 4.72. The van der Waals surface area contributed by atoms with Crippen LogP contribution in [-0.4, -0.2) is 19.0 Å². The van der Waals surface area contributed by atoms with Crippen molar-refractivity contribution in [3.05, 3.63) is 81.5 Å². The summed E-state index contributed by atoms with van der Waals surface area (Å²) in [7, 11) is 1.51. The Bertz CT molecular complexity index is 928. The molecule has 138 valence electrons. The van der Waals surface area contributed by atoms with Gasteiger partial charge >= 0.3 is 5.97 Å². The molecule has 1 amide bonds. The Morgan fingerprint density at radius 2 is 1.89 bits per heavy atom. The van der Waals surface area contributed by atoms with Crippen LogP contribution in [0.2, 0.25) is 5.02 Å². The van der Waals surface area contributed by atoms with E-state index in [1.54, 1.807) is 59.3 Å². The maximum atomic E-state index is 12.8. The third kappa shape index (κ3) is 4.67. The minimum atomic E-state index is -1.10. The number of hydrogen-bond donors (Lipinski definition) is 1. The van der Waals surface area contributed by atoms with Crippen LogP contribution in [0.4, 0.5) is 5.69 Å². The standard InChI is InChI=1S/C20H16ClNO4S/c1-25-17-8-7-15(11-16(17)21)22-19(23)18(13-5-3-2-4-6-13)26-20(24)14-9-10-27-12-14/h2-12,18H,1H3,(H,22,23). The Hall–Kier alpha value is -2.83. The van der Waals surface area contributed by atoms with Crippen molar-refractivity contribution in [1.29, 1.82) is 0 Å². The van der Waals surface area contributed by atoms with Gasteiger partial charge in [0.05, 0.1) is 17.7 Å². The van der Waals surface area contributed by atoms with Crippen molar-refractivity contribution >= 4 is 40.5 Å². The molecule has 0 aliphatic heterocycles. The molecule has 0 aliphatic carbocycles. The number of benzene rings is 2. The number of thiophene rings is 1. The zero-order valence-corrected chi connectivity index (χ0v) is 15.9. The van der Waals surface area contributed by atoms with Gasteiger partial charge in [0, 0.05) is 16.6 Å². The minimum absolute atomic E-state index is 0.363. The zero-order valence-electron chi connectivity index (χ0n) is 14.3. The lowest BCUT2D eigenvalue weighted by molar-refractivity contribution is -0.125. The number of carbonyl (C=O) groups excluding carboxylic acids is 2. The van der Waals surface area contributed by atoms with E-state index in [9.17, 15) is 9.59 Å². The van der Waals surface area contributed by atoms with Gasteiger partial charge < -0.3 is 14.8 Å². The molecule has 7 heteroatoms. The summed E-state index contributed by atoms with van der Waals surface area (Å²) in [5, 5.41) is 6.54. The summed E-state index contributed by atoms with van der Waals surface area (Å²) < 4.78 is 10.6. The van der Waals surface area contributed by atoms with Gasteiger partial charge in [0.1, 0.15) is 5.75 Å². The second-order valence-corrected chi connectivity index (χ2v) is 6.73. The monoisotopic (exact) mass is 401 g/mol. The van der Waals surface area contributed by atoms with Gasteiger partial charge in [-0.25, -0.2) is 4.79 Å². The van der Waals surface area contributed by atoms with Crippen LogP contribution in [-0.2, 0) is 9.53 Å². The predicted molar refractivity (Wildman–Crippen MR) is 106 cm³/mol. The van der Waals surface area contributed by atoms with Crippen LogP contribution in [0.15, 0.2) is 65.4 Å². The van der Waals surface area contributed by atoms with Gasteiger partial charge in [0.2, 0.25) is 6.10 Å². The molecule has 3 rings (SSSR count). The van der Waals surface area contributed by atoms with Gasteiger partial charge in [0.25, 0.3) is 5.91 Å². The molecule has 2 aromatic carbocycles. The molecule has 0 bridgehead atoms. The SMILES string of the molecule is COc1ccc(NC(=O)C(OC(=O)c2ccsc2)c2ccccc2)cc1Cl. The van der Waals surface area contributed by atoms with E-state index in [4.69, 9.17) is 21.1 Å². The normalized spacial score (nSPS) is 11.5. The van der Waals surface area contributed by atoms with Crippen LogP contribution in [0, 0.1) is 0 Å². The molecule has 1 atom stereocenters. The number of carbonyl (C=O) groups is 2. The quantitative estimate of drug-likeness (QED) is 0.594. The molecule has 0 spiro atoms. The molecule has 1 aromatic heterocycles. The highest BCUT2D eigenvalue weighted by molar-refractivity contribution is 7.08. The molecule has 1 heterocycles. The highest BCUT2D eigenvalue weighted by Crippen LogP contribution is 2.28. The maximum absolute atomic E-state index is 12.8. The number of anilines is 1. The molecule has 5 nitrogen and oxygen atoms in total. The Labute approximate surface area is 165 Å². The first-order valence-corrected chi connectivity index (χ1v) is 9.33. The van der Waals surface area contributed by atoms with Gasteiger partial charge in [-0.1, -0.05) is 41.9 Å². The van der Waals surface area contributed by atoms with Crippen molar-refractivity contribution in [1.82, 2.24) is 0 Å². The van der Waals surface area contributed by atoms with Crippen molar-refractivity contribution in [2.75, 3.05) is 12.4 Å². The van der Waals surface area contributed by atoms with E-state index < -0.39 is 18.0 Å². The number of ether oxygens (including phenoxy) is 2. The summed E-state index contributed by atoms with van der Waals surface area (Å²) in [5.41, 5.74) is 1.44. The highest BCUT2D eigenvalue weighted by Gasteiger charge is 2.26. The summed E-state index contributed by atoms with van der Waals surface area (Å²) in [5.74, 6) is -0.544. The number of esters is 1. The molecule has 1 unspecified atom stereocenters. The van der Waals surface area contributed by atoms with E-state index in [1.807, 2.05) is 6.07 Å². The molecular formula is C20H16ClNO4S. The molecule has 0 saturated heterocycles. The fraction of sp³-hybridized carbons (Fsp3) is 0.100. The number of methoxy groups -OCH3 is 1. The average Bonchev–Trinajstić information content (AvgIpc) is 3.21. The summed E-state index contributed by atoms with van der Waals surface area (Å²) in [6.07, 6.45) is -1.10. The number of rotatable bonds is 6. The van der Waals surface area contributed by atoms with Crippen LogP contribution in [0.1, 0.15) is 22.0 Å². The van der Waals surface area contributed by atoms with Gasteiger partial charge in [-0.2, -0.15) is 11.3 Å². The van der Waals surface area contributed by atoms with Crippen molar-refractivity contribution in [3.63, 3.8) is 0 Å². The summed E-state index contributed by atoms with van der Waals surface area (Å²) >= 11 is 7.48.